The number of carbonyl (C=O) groups excluding carboxylic acids is 1. The van der Waals surface area contributed by atoms with Gasteiger partial charge in [0.15, 0.2) is 5.58 Å². The van der Waals surface area contributed by atoms with Crippen LogP contribution in [-0.2, 0) is 11.3 Å². The minimum Gasteiger partial charge on any atom is -0.408 e. The lowest BCUT2D eigenvalue weighted by Crippen LogP contribution is -2.41. The van der Waals surface area contributed by atoms with Crippen LogP contribution in [0.15, 0.2) is 33.5 Å². The first-order valence-electron chi connectivity index (χ1n) is 8.03. The molecule has 1 aliphatic carbocycles. The van der Waals surface area contributed by atoms with Crippen LogP contribution in [0, 0.1) is 5.92 Å². The Kier molecular flexibility index (Phi) is 4.32. The summed E-state index contributed by atoms with van der Waals surface area (Å²) in [4.78, 5) is 24.0. The lowest BCUT2D eigenvalue weighted by atomic mass is 9.86. The zero-order chi connectivity index (χ0) is 15.5. The van der Waals surface area contributed by atoms with E-state index in [0.717, 1.165) is 11.9 Å². The van der Waals surface area contributed by atoms with Crippen LogP contribution in [0.2, 0.25) is 0 Å². The summed E-state index contributed by atoms with van der Waals surface area (Å²) in [7, 11) is 0. The van der Waals surface area contributed by atoms with Crippen molar-refractivity contribution < 1.29 is 9.21 Å². The summed E-state index contributed by atoms with van der Waals surface area (Å²) in [6.07, 6.45) is 4.97. The fourth-order valence-corrected chi connectivity index (χ4v) is 3.25. The fourth-order valence-electron chi connectivity index (χ4n) is 3.25. The predicted molar refractivity (Wildman–Crippen MR) is 84.7 cm³/mol. The van der Waals surface area contributed by atoms with Crippen molar-refractivity contribution in [1.29, 1.82) is 0 Å². The standard InChI is InChI=1S/C17H22N2O3/c1-12-6-2-3-7-13(12)18-16(20)10-11-19-14-8-4-5-9-15(14)22-17(19)21/h4-5,8-9,12-13H,2-3,6-7,10-11H2,1H3,(H,18,20)/t12-,13-/m0/s1. The largest absolute Gasteiger partial charge is 0.419 e. The Labute approximate surface area is 129 Å². The number of para-hydroxylation sites is 2. The molecule has 1 saturated carbocycles. The van der Waals surface area contributed by atoms with Crippen molar-refractivity contribution in [3.05, 3.63) is 34.8 Å². The molecule has 0 aliphatic heterocycles. The van der Waals surface area contributed by atoms with Gasteiger partial charge in [-0.3, -0.25) is 9.36 Å². The van der Waals surface area contributed by atoms with E-state index in [2.05, 4.69) is 12.2 Å². The van der Waals surface area contributed by atoms with Crippen molar-refractivity contribution in [2.24, 2.45) is 5.92 Å². The fraction of sp³-hybridized carbons (Fsp3) is 0.529. The van der Waals surface area contributed by atoms with E-state index >= 15 is 0 Å². The van der Waals surface area contributed by atoms with Gasteiger partial charge >= 0.3 is 5.76 Å². The number of amides is 1. The summed E-state index contributed by atoms with van der Waals surface area (Å²) in [6, 6.07) is 7.56. The van der Waals surface area contributed by atoms with E-state index < -0.39 is 5.76 Å². The lowest BCUT2D eigenvalue weighted by Gasteiger charge is -2.29. The molecule has 118 valence electrons. The summed E-state index contributed by atoms with van der Waals surface area (Å²) >= 11 is 0. The van der Waals surface area contributed by atoms with Gasteiger partial charge < -0.3 is 9.73 Å². The van der Waals surface area contributed by atoms with Crippen molar-refractivity contribution in [3.63, 3.8) is 0 Å². The van der Waals surface area contributed by atoms with Gasteiger partial charge in [0.25, 0.3) is 0 Å². The first kappa shape index (κ1) is 14.9. The van der Waals surface area contributed by atoms with Gasteiger partial charge in [-0.15, -0.1) is 0 Å². The highest BCUT2D eigenvalue weighted by molar-refractivity contribution is 5.77. The molecule has 1 fully saturated rings. The van der Waals surface area contributed by atoms with Crippen LogP contribution >= 0.6 is 0 Å². The van der Waals surface area contributed by atoms with Gasteiger partial charge in [-0.05, 0) is 30.9 Å². The normalized spacial score (nSPS) is 21.9. The molecule has 1 aliphatic rings. The highest BCUT2D eigenvalue weighted by atomic mass is 16.4. The highest BCUT2D eigenvalue weighted by Gasteiger charge is 2.22. The molecule has 0 saturated heterocycles. The molecular weight excluding hydrogens is 280 g/mol. The molecular formula is C17H22N2O3. The maximum atomic E-state index is 12.1. The molecule has 0 unspecified atom stereocenters. The quantitative estimate of drug-likeness (QED) is 0.944. The van der Waals surface area contributed by atoms with Gasteiger partial charge in [-0.25, -0.2) is 4.79 Å². The van der Waals surface area contributed by atoms with Crippen LogP contribution in [-0.4, -0.2) is 16.5 Å². The molecule has 0 bridgehead atoms. The molecule has 22 heavy (non-hydrogen) atoms. The highest BCUT2D eigenvalue weighted by Crippen LogP contribution is 2.23. The number of oxazole rings is 1. The second-order valence-corrected chi connectivity index (χ2v) is 6.17. The van der Waals surface area contributed by atoms with E-state index in [1.807, 2.05) is 18.2 Å². The third-order valence-corrected chi connectivity index (χ3v) is 4.59. The number of nitrogens with one attached hydrogen (secondary N) is 1. The zero-order valence-corrected chi connectivity index (χ0v) is 12.9. The molecule has 1 amide bonds. The summed E-state index contributed by atoms with van der Waals surface area (Å²) in [6.45, 7) is 2.54. The molecule has 2 aromatic rings. The van der Waals surface area contributed by atoms with E-state index in [9.17, 15) is 9.59 Å². The number of hydrogen-bond donors (Lipinski definition) is 1. The molecule has 1 aromatic heterocycles. The predicted octanol–water partition coefficient (Wildman–Crippen LogP) is 2.68. The van der Waals surface area contributed by atoms with Gasteiger partial charge in [0.2, 0.25) is 5.91 Å². The van der Waals surface area contributed by atoms with Crippen LogP contribution < -0.4 is 11.1 Å². The first-order valence-corrected chi connectivity index (χ1v) is 8.03. The Morgan fingerprint density at radius 3 is 2.91 bits per heavy atom. The molecule has 0 radical (unpaired) electrons. The van der Waals surface area contributed by atoms with Crippen LogP contribution in [0.4, 0.5) is 0 Å². The van der Waals surface area contributed by atoms with E-state index in [1.165, 1.54) is 23.8 Å². The summed E-state index contributed by atoms with van der Waals surface area (Å²) in [5.74, 6) is 0.145. The first-order chi connectivity index (χ1) is 10.6. The second-order valence-electron chi connectivity index (χ2n) is 6.17. The smallest absolute Gasteiger partial charge is 0.408 e. The van der Waals surface area contributed by atoms with Crippen molar-refractivity contribution in [1.82, 2.24) is 9.88 Å². The Morgan fingerprint density at radius 2 is 2.09 bits per heavy atom. The van der Waals surface area contributed by atoms with Crippen LogP contribution in [0.3, 0.4) is 0 Å². The summed E-state index contributed by atoms with van der Waals surface area (Å²) in [5, 5.41) is 3.11. The lowest BCUT2D eigenvalue weighted by molar-refractivity contribution is -0.122. The van der Waals surface area contributed by atoms with Gasteiger partial charge in [-0.2, -0.15) is 0 Å². The van der Waals surface area contributed by atoms with Crippen LogP contribution in [0.25, 0.3) is 11.1 Å². The average molecular weight is 302 g/mol. The number of carbonyl (C=O) groups is 1. The zero-order valence-electron chi connectivity index (χ0n) is 12.9. The van der Waals surface area contributed by atoms with E-state index in [0.29, 0.717) is 24.5 Å². The Bertz CT molecular complexity index is 716. The number of nitrogens with zero attached hydrogens (tertiary/aromatic N) is 1. The van der Waals surface area contributed by atoms with Crippen LogP contribution in [0.5, 0.6) is 0 Å². The number of aryl methyl sites for hydroxylation is 1. The maximum Gasteiger partial charge on any atom is 0.419 e. The molecule has 1 aromatic carbocycles. The van der Waals surface area contributed by atoms with Gasteiger partial charge in [-0.1, -0.05) is 31.9 Å². The van der Waals surface area contributed by atoms with Crippen LogP contribution in [0.1, 0.15) is 39.0 Å². The molecule has 2 atom stereocenters. The monoisotopic (exact) mass is 302 g/mol. The number of hydrogen-bond acceptors (Lipinski definition) is 3. The van der Waals surface area contributed by atoms with E-state index in [4.69, 9.17) is 4.42 Å². The molecule has 5 nitrogen and oxygen atoms in total. The summed E-state index contributed by atoms with van der Waals surface area (Å²) < 4.78 is 6.70. The molecule has 1 heterocycles. The van der Waals surface area contributed by atoms with E-state index in [-0.39, 0.29) is 11.9 Å². The SMILES string of the molecule is C[C@H]1CCCC[C@@H]1NC(=O)CCn1c(=O)oc2ccccc21. The van der Waals surface area contributed by atoms with Crippen molar-refractivity contribution >= 4 is 17.0 Å². The Hall–Kier alpha value is -2.04. The third kappa shape index (κ3) is 3.08. The number of benzene rings is 1. The number of aromatic nitrogens is 1. The summed E-state index contributed by atoms with van der Waals surface area (Å²) in [5.41, 5.74) is 1.31. The maximum absolute atomic E-state index is 12.1. The topological polar surface area (TPSA) is 64.2 Å². The number of rotatable bonds is 4. The molecule has 5 heteroatoms. The molecule has 0 spiro atoms. The average Bonchev–Trinajstić information content (AvgIpc) is 2.83. The van der Waals surface area contributed by atoms with Gasteiger partial charge in [0, 0.05) is 19.0 Å². The van der Waals surface area contributed by atoms with E-state index in [1.54, 1.807) is 6.07 Å². The molecule has 1 N–H and O–H groups in total. The Morgan fingerprint density at radius 1 is 1.32 bits per heavy atom. The van der Waals surface area contributed by atoms with Crippen molar-refractivity contribution in [3.8, 4) is 0 Å². The van der Waals surface area contributed by atoms with Gasteiger partial charge in [0.05, 0.1) is 5.52 Å². The number of fused-ring (bicyclic) bond motifs is 1. The van der Waals surface area contributed by atoms with Gasteiger partial charge in [0.1, 0.15) is 0 Å². The minimum atomic E-state index is -0.403. The van der Waals surface area contributed by atoms with Crippen molar-refractivity contribution in [2.75, 3.05) is 0 Å². The molecule has 3 rings (SSSR count). The minimum absolute atomic E-state index is 0.0101. The second kappa shape index (κ2) is 6.38. The Balaban J connectivity index is 1.63. The van der Waals surface area contributed by atoms with Crippen molar-refractivity contribution in [2.45, 2.75) is 51.6 Å². The third-order valence-electron chi connectivity index (χ3n) is 4.59.